The molecule has 0 spiro atoms. The highest BCUT2D eigenvalue weighted by Gasteiger charge is 2.25. The second kappa shape index (κ2) is 6.97. The summed E-state index contributed by atoms with van der Waals surface area (Å²) in [6.45, 7) is 3.04. The van der Waals surface area contributed by atoms with Crippen LogP contribution in [-0.2, 0) is 9.53 Å². The molecule has 1 unspecified atom stereocenters. The van der Waals surface area contributed by atoms with Gasteiger partial charge < -0.3 is 15.0 Å². The van der Waals surface area contributed by atoms with E-state index in [2.05, 4.69) is 24.2 Å². The van der Waals surface area contributed by atoms with Crippen molar-refractivity contribution >= 4 is 5.97 Å². The van der Waals surface area contributed by atoms with Gasteiger partial charge >= 0.3 is 5.97 Å². The fourth-order valence-electron chi connectivity index (χ4n) is 2.55. The highest BCUT2D eigenvalue weighted by molar-refractivity contribution is 5.75. The van der Waals surface area contributed by atoms with Crippen molar-refractivity contribution in [2.24, 2.45) is 5.92 Å². The lowest BCUT2D eigenvalue weighted by molar-refractivity contribution is -0.143. The van der Waals surface area contributed by atoms with Crippen molar-refractivity contribution in [3.8, 4) is 0 Å². The van der Waals surface area contributed by atoms with Crippen LogP contribution < -0.4 is 5.32 Å². The van der Waals surface area contributed by atoms with E-state index in [0.717, 1.165) is 12.5 Å². The summed E-state index contributed by atoms with van der Waals surface area (Å²) in [5.74, 6) is 0.684. The number of nitrogens with one attached hydrogen (secondary N) is 1. The van der Waals surface area contributed by atoms with Crippen LogP contribution in [0.3, 0.4) is 0 Å². The zero-order valence-corrected chi connectivity index (χ0v) is 11.5. The third-order valence-corrected chi connectivity index (χ3v) is 3.91. The molecule has 0 bridgehead atoms. The number of hydrogen-bond acceptors (Lipinski definition) is 4. The lowest BCUT2D eigenvalue weighted by Gasteiger charge is -2.34. The Bertz CT molecular complexity index is 238. The van der Waals surface area contributed by atoms with E-state index in [0.29, 0.717) is 6.04 Å². The predicted molar refractivity (Wildman–Crippen MR) is 68.9 cm³/mol. The summed E-state index contributed by atoms with van der Waals surface area (Å²) in [6, 6.07) is 0.399. The summed E-state index contributed by atoms with van der Waals surface area (Å²) in [5, 5.41) is 3.02. The van der Waals surface area contributed by atoms with Crippen LogP contribution in [0.25, 0.3) is 0 Å². The molecule has 4 nitrogen and oxygen atoms in total. The van der Waals surface area contributed by atoms with Crippen molar-refractivity contribution in [2.75, 3.05) is 27.7 Å². The van der Waals surface area contributed by atoms with Crippen molar-refractivity contribution in [1.29, 1.82) is 0 Å². The van der Waals surface area contributed by atoms with Crippen molar-refractivity contribution in [1.82, 2.24) is 10.2 Å². The van der Waals surface area contributed by atoms with E-state index in [1.165, 1.54) is 32.8 Å². The highest BCUT2D eigenvalue weighted by atomic mass is 16.5. The fourth-order valence-corrected chi connectivity index (χ4v) is 2.55. The number of likely N-dealkylation sites (N-methyl/N-ethyl adjacent to an activating group) is 2. The van der Waals surface area contributed by atoms with Gasteiger partial charge in [0.15, 0.2) is 0 Å². The standard InChI is InChI=1S/C13H26N2O2/c1-10-5-7-11(8-6-10)15(3)9-12(14-2)13(16)17-4/h10-12,14H,5-9H2,1-4H3. The largest absolute Gasteiger partial charge is 0.468 e. The lowest BCUT2D eigenvalue weighted by Crippen LogP contribution is -2.47. The Hall–Kier alpha value is -0.610. The highest BCUT2D eigenvalue weighted by Crippen LogP contribution is 2.26. The molecule has 0 radical (unpaired) electrons. The Morgan fingerprint density at radius 2 is 2.00 bits per heavy atom. The molecule has 0 aromatic carbocycles. The molecule has 1 aliphatic carbocycles. The van der Waals surface area contributed by atoms with Gasteiger partial charge in [-0.05, 0) is 45.7 Å². The van der Waals surface area contributed by atoms with Gasteiger partial charge in [-0.25, -0.2) is 0 Å². The molecule has 100 valence electrons. The summed E-state index contributed by atoms with van der Waals surface area (Å²) < 4.78 is 4.78. The van der Waals surface area contributed by atoms with Crippen LogP contribution >= 0.6 is 0 Å². The lowest BCUT2D eigenvalue weighted by atomic mass is 9.86. The zero-order valence-electron chi connectivity index (χ0n) is 11.5. The van der Waals surface area contributed by atoms with Gasteiger partial charge in [0.05, 0.1) is 7.11 Å². The van der Waals surface area contributed by atoms with E-state index in [1.807, 2.05) is 0 Å². The van der Waals surface area contributed by atoms with Gasteiger partial charge in [0, 0.05) is 12.6 Å². The maximum absolute atomic E-state index is 11.5. The average Bonchev–Trinajstić information content (AvgIpc) is 2.35. The number of ether oxygens (including phenoxy) is 1. The number of methoxy groups -OCH3 is 1. The van der Waals surface area contributed by atoms with Gasteiger partial charge in [-0.2, -0.15) is 0 Å². The summed E-state index contributed by atoms with van der Waals surface area (Å²) in [7, 11) is 5.35. The first kappa shape index (κ1) is 14.5. The third-order valence-electron chi connectivity index (χ3n) is 3.91. The van der Waals surface area contributed by atoms with E-state index in [4.69, 9.17) is 4.74 Å². The van der Waals surface area contributed by atoms with Crippen molar-refractivity contribution in [3.63, 3.8) is 0 Å². The van der Waals surface area contributed by atoms with Crippen molar-refractivity contribution in [3.05, 3.63) is 0 Å². The number of carbonyl (C=O) groups is 1. The molecule has 0 heterocycles. The van der Waals surface area contributed by atoms with Gasteiger partial charge in [0.2, 0.25) is 0 Å². The van der Waals surface area contributed by atoms with Crippen LogP contribution in [0.1, 0.15) is 32.6 Å². The van der Waals surface area contributed by atoms with E-state index in [9.17, 15) is 4.79 Å². The number of nitrogens with zero attached hydrogens (tertiary/aromatic N) is 1. The maximum atomic E-state index is 11.5. The maximum Gasteiger partial charge on any atom is 0.324 e. The first-order valence-corrected chi connectivity index (χ1v) is 6.53. The van der Waals surface area contributed by atoms with Gasteiger partial charge in [-0.3, -0.25) is 4.79 Å². The Kier molecular flexibility index (Phi) is 5.92. The predicted octanol–water partition coefficient (Wildman–Crippen LogP) is 1.26. The summed E-state index contributed by atoms with van der Waals surface area (Å²) in [4.78, 5) is 13.8. The van der Waals surface area contributed by atoms with Gasteiger partial charge in [0.25, 0.3) is 0 Å². The number of carbonyl (C=O) groups excluding carboxylic acids is 1. The molecule has 1 atom stereocenters. The molecule has 0 aromatic rings. The molecule has 1 fully saturated rings. The monoisotopic (exact) mass is 242 g/mol. The van der Waals surface area contributed by atoms with E-state index < -0.39 is 0 Å². The minimum absolute atomic E-state index is 0.177. The molecule has 0 aliphatic heterocycles. The first-order chi connectivity index (χ1) is 8.08. The fraction of sp³-hybridized carbons (Fsp3) is 0.923. The molecule has 17 heavy (non-hydrogen) atoms. The third kappa shape index (κ3) is 4.28. The van der Waals surface area contributed by atoms with Crippen LogP contribution in [0.2, 0.25) is 0 Å². The van der Waals surface area contributed by atoms with Crippen LogP contribution in [-0.4, -0.2) is 50.7 Å². The topological polar surface area (TPSA) is 41.6 Å². The average molecular weight is 242 g/mol. The Morgan fingerprint density at radius 1 is 1.41 bits per heavy atom. The molecule has 1 aliphatic rings. The van der Waals surface area contributed by atoms with E-state index in [-0.39, 0.29) is 12.0 Å². The van der Waals surface area contributed by atoms with Crippen LogP contribution in [0, 0.1) is 5.92 Å². The summed E-state index contributed by atoms with van der Waals surface area (Å²) in [5.41, 5.74) is 0. The molecule has 1 rings (SSSR count). The van der Waals surface area contributed by atoms with Crippen molar-refractivity contribution < 1.29 is 9.53 Å². The molecule has 0 aromatic heterocycles. The van der Waals surface area contributed by atoms with Crippen molar-refractivity contribution in [2.45, 2.75) is 44.7 Å². The SMILES string of the molecule is CNC(CN(C)C1CCC(C)CC1)C(=O)OC. The second-order valence-corrected chi connectivity index (χ2v) is 5.22. The van der Waals surface area contributed by atoms with E-state index >= 15 is 0 Å². The molecule has 1 saturated carbocycles. The Morgan fingerprint density at radius 3 is 2.47 bits per heavy atom. The smallest absolute Gasteiger partial charge is 0.324 e. The van der Waals surface area contributed by atoms with Gasteiger partial charge in [-0.15, -0.1) is 0 Å². The molecular formula is C13H26N2O2. The molecule has 4 heteroatoms. The van der Waals surface area contributed by atoms with Crippen LogP contribution in [0.4, 0.5) is 0 Å². The molecule has 0 amide bonds. The zero-order chi connectivity index (χ0) is 12.8. The first-order valence-electron chi connectivity index (χ1n) is 6.53. The summed E-state index contributed by atoms with van der Waals surface area (Å²) in [6.07, 6.45) is 5.10. The second-order valence-electron chi connectivity index (χ2n) is 5.22. The van der Waals surface area contributed by atoms with Crippen LogP contribution in [0.5, 0.6) is 0 Å². The van der Waals surface area contributed by atoms with Crippen LogP contribution in [0.15, 0.2) is 0 Å². The number of rotatable bonds is 5. The Labute approximate surface area is 105 Å². The normalized spacial score (nSPS) is 26.9. The quantitative estimate of drug-likeness (QED) is 0.737. The summed E-state index contributed by atoms with van der Waals surface area (Å²) >= 11 is 0. The molecule has 1 N–H and O–H groups in total. The minimum Gasteiger partial charge on any atom is -0.468 e. The molecular weight excluding hydrogens is 216 g/mol. The Balaban J connectivity index is 2.41. The van der Waals surface area contributed by atoms with Gasteiger partial charge in [-0.1, -0.05) is 6.92 Å². The van der Waals surface area contributed by atoms with Gasteiger partial charge in [0.1, 0.15) is 6.04 Å². The number of esters is 1. The van der Waals surface area contributed by atoms with E-state index in [1.54, 1.807) is 7.05 Å². The minimum atomic E-state index is -0.218. The number of hydrogen-bond donors (Lipinski definition) is 1. The molecule has 0 saturated heterocycles.